The second-order valence-electron chi connectivity index (χ2n) is 3.79. The fourth-order valence-electron chi connectivity index (χ4n) is 1.59. The zero-order valence-corrected chi connectivity index (χ0v) is 9.30. The van der Waals surface area contributed by atoms with E-state index in [1.54, 1.807) is 6.20 Å². The molecule has 2 heterocycles. The van der Waals surface area contributed by atoms with E-state index in [-0.39, 0.29) is 6.10 Å². The Hall–Kier alpha value is -1.14. The Bertz CT molecular complexity index is 343. The van der Waals surface area contributed by atoms with Crippen molar-refractivity contribution in [1.29, 1.82) is 0 Å². The lowest BCUT2D eigenvalue weighted by molar-refractivity contribution is 0.0825. The molecule has 0 aliphatic carbocycles. The molecule has 1 N–H and O–H groups in total. The van der Waals surface area contributed by atoms with E-state index < -0.39 is 7.12 Å². The average Bonchev–Trinajstić information content (AvgIpc) is 2.32. The number of aromatic nitrogens is 2. The van der Waals surface area contributed by atoms with Crippen molar-refractivity contribution >= 4 is 7.12 Å². The summed E-state index contributed by atoms with van der Waals surface area (Å²) >= 11 is 0. The second kappa shape index (κ2) is 5.27. The molecule has 1 aromatic rings. The van der Waals surface area contributed by atoms with Gasteiger partial charge in [-0.05, 0) is 25.2 Å². The van der Waals surface area contributed by atoms with Crippen molar-refractivity contribution in [2.24, 2.45) is 0 Å². The Morgan fingerprint density at radius 3 is 3.25 bits per heavy atom. The minimum Gasteiger partial charge on any atom is -0.458 e. The van der Waals surface area contributed by atoms with Gasteiger partial charge in [-0.1, -0.05) is 6.92 Å². The predicted octanol–water partition coefficient (Wildman–Crippen LogP) is 0.687. The van der Waals surface area contributed by atoms with Crippen molar-refractivity contribution in [1.82, 2.24) is 9.97 Å². The molecule has 1 aliphatic rings. The van der Waals surface area contributed by atoms with Crippen LogP contribution in [0.4, 0.5) is 0 Å². The minimum absolute atomic E-state index is 0.0597. The number of nitrogens with zero attached hydrogens (tertiary/aromatic N) is 2. The van der Waals surface area contributed by atoms with Gasteiger partial charge in [-0.15, -0.1) is 0 Å². The van der Waals surface area contributed by atoms with Crippen LogP contribution in [0, 0.1) is 0 Å². The van der Waals surface area contributed by atoms with E-state index in [0.29, 0.717) is 18.9 Å². The monoisotopic (exact) mass is 222 g/mol. The quantitative estimate of drug-likeness (QED) is 0.762. The number of aryl methyl sites for hydroxylation is 1. The van der Waals surface area contributed by atoms with Crippen LogP contribution in [0.2, 0.25) is 6.32 Å². The molecule has 6 heteroatoms. The summed E-state index contributed by atoms with van der Waals surface area (Å²) in [5.74, 6) is 0. The van der Waals surface area contributed by atoms with Gasteiger partial charge >= 0.3 is 13.1 Å². The Morgan fingerprint density at radius 1 is 1.69 bits per heavy atom. The van der Waals surface area contributed by atoms with Crippen molar-refractivity contribution in [2.45, 2.75) is 32.2 Å². The lowest BCUT2D eigenvalue weighted by atomic mass is 9.80. The summed E-state index contributed by atoms with van der Waals surface area (Å²) < 4.78 is 10.7. The maximum absolute atomic E-state index is 9.17. The molecular weight excluding hydrogens is 207 g/mol. The highest BCUT2D eigenvalue weighted by Crippen LogP contribution is 2.15. The van der Waals surface area contributed by atoms with Crippen molar-refractivity contribution in [2.75, 3.05) is 6.61 Å². The van der Waals surface area contributed by atoms with Crippen LogP contribution in [0.15, 0.2) is 12.3 Å². The van der Waals surface area contributed by atoms with Gasteiger partial charge in [0.15, 0.2) is 0 Å². The highest BCUT2D eigenvalue weighted by Gasteiger charge is 2.25. The first-order chi connectivity index (χ1) is 7.78. The van der Waals surface area contributed by atoms with E-state index in [4.69, 9.17) is 14.4 Å². The van der Waals surface area contributed by atoms with Crippen molar-refractivity contribution in [3.05, 3.63) is 18.0 Å². The summed E-state index contributed by atoms with van der Waals surface area (Å²) in [7, 11) is -0.650. The molecule has 1 saturated heterocycles. The van der Waals surface area contributed by atoms with Crippen LogP contribution in [0.3, 0.4) is 0 Å². The molecule has 0 radical (unpaired) electrons. The summed E-state index contributed by atoms with van der Waals surface area (Å²) in [6, 6.07) is 2.26. The van der Waals surface area contributed by atoms with E-state index in [9.17, 15) is 0 Å². The Labute approximate surface area is 95.0 Å². The fourth-order valence-corrected chi connectivity index (χ4v) is 1.59. The summed E-state index contributed by atoms with van der Waals surface area (Å²) in [5, 5.41) is 9.17. The third-order valence-electron chi connectivity index (χ3n) is 2.54. The maximum atomic E-state index is 9.17. The van der Waals surface area contributed by atoms with Crippen molar-refractivity contribution in [3.63, 3.8) is 0 Å². The van der Waals surface area contributed by atoms with Gasteiger partial charge in [0.1, 0.15) is 6.10 Å². The van der Waals surface area contributed by atoms with Crippen LogP contribution in [0.5, 0.6) is 6.01 Å². The molecule has 1 fully saturated rings. The topological polar surface area (TPSA) is 64.5 Å². The van der Waals surface area contributed by atoms with E-state index in [2.05, 4.69) is 9.97 Å². The summed E-state index contributed by atoms with van der Waals surface area (Å²) in [4.78, 5) is 8.30. The van der Waals surface area contributed by atoms with E-state index >= 15 is 0 Å². The Kier molecular flexibility index (Phi) is 3.74. The van der Waals surface area contributed by atoms with E-state index in [1.807, 2.05) is 13.0 Å². The van der Waals surface area contributed by atoms with Crippen molar-refractivity contribution in [3.8, 4) is 6.01 Å². The molecule has 0 amide bonds. The largest absolute Gasteiger partial charge is 0.458 e. The van der Waals surface area contributed by atoms with Crippen LogP contribution in [-0.2, 0) is 11.1 Å². The molecule has 0 saturated carbocycles. The first-order valence-corrected chi connectivity index (χ1v) is 5.56. The molecule has 0 aromatic carbocycles. The fraction of sp³-hybridized carbons (Fsp3) is 0.600. The number of rotatable bonds is 3. The highest BCUT2D eigenvalue weighted by molar-refractivity contribution is 6.42. The Balaban J connectivity index is 1.93. The van der Waals surface area contributed by atoms with Crippen LogP contribution in [0.1, 0.15) is 19.0 Å². The number of hydrogen-bond acceptors (Lipinski definition) is 5. The third kappa shape index (κ3) is 2.93. The van der Waals surface area contributed by atoms with Gasteiger partial charge in [0.25, 0.3) is 0 Å². The SMILES string of the molecule is CCc1ccnc(OC2CCB(O)OC2)n1. The first kappa shape index (κ1) is 11.4. The number of hydrogen-bond donors (Lipinski definition) is 1. The molecular formula is C10H15BN2O3. The number of ether oxygens (including phenoxy) is 1. The summed E-state index contributed by atoms with van der Waals surface area (Å²) in [6.07, 6.45) is 3.85. The van der Waals surface area contributed by atoms with Gasteiger partial charge in [0, 0.05) is 11.9 Å². The minimum atomic E-state index is -0.650. The van der Waals surface area contributed by atoms with Crippen molar-refractivity contribution < 1.29 is 14.4 Å². The van der Waals surface area contributed by atoms with Gasteiger partial charge in [-0.3, -0.25) is 0 Å². The maximum Gasteiger partial charge on any atom is 0.454 e. The van der Waals surface area contributed by atoms with Crippen LogP contribution >= 0.6 is 0 Å². The molecule has 1 unspecified atom stereocenters. The average molecular weight is 222 g/mol. The van der Waals surface area contributed by atoms with Gasteiger partial charge in [0.05, 0.1) is 6.61 Å². The smallest absolute Gasteiger partial charge is 0.454 e. The van der Waals surface area contributed by atoms with E-state index in [0.717, 1.165) is 18.5 Å². The lowest BCUT2D eigenvalue weighted by Crippen LogP contribution is -2.35. The van der Waals surface area contributed by atoms with Gasteiger partial charge in [-0.2, -0.15) is 0 Å². The molecule has 16 heavy (non-hydrogen) atoms. The normalized spacial score (nSPS) is 20.9. The Morgan fingerprint density at radius 2 is 2.56 bits per heavy atom. The van der Waals surface area contributed by atoms with Crippen LogP contribution in [0.25, 0.3) is 0 Å². The van der Waals surface area contributed by atoms with Gasteiger partial charge in [0.2, 0.25) is 0 Å². The molecule has 1 aliphatic heterocycles. The summed E-state index contributed by atoms with van der Waals surface area (Å²) in [5.41, 5.74) is 0.960. The van der Waals surface area contributed by atoms with Gasteiger partial charge < -0.3 is 14.4 Å². The third-order valence-corrected chi connectivity index (χ3v) is 2.54. The molecule has 0 spiro atoms. The standard InChI is InChI=1S/C10H15BN2O3/c1-2-8-4-6-12-10(13-8)16-9-3-5-11(14)15-7-9/h4,6,9,14H,2-3,5,7H2,1H3. The molecule has 1 atom stereocenters. The summed E-state index contributed by atoms with van der Waals surface area (Å²) in [6.45, 7) is 2.42. The van der Waals surface area contributed by atoms with Gasteiger partial charge in [-0.25, -0.2) is 9.97 Å². The zero-order valence-electron chi connectivity index (χ0n) is 9.30. The molecule has 86 valence electrons. The second-order valence-corrected chi connectivity index (χ2v) is 3.79. The molecule has 5 nitrogen and oxygen atoms in total. The molecule has 2 rings (SSSR count). The molecule has 1 aromatic heterocycles. The van der Waals surface area contributed by atoms with Crippen LogP contribution in [-0.4, -0.2) is 34.8 Å². The lowest BCUT2D eigenvalue weighted by Gasteiger charge is -2.23. The predicted molar refractivity (Wildman–Crippen MR) is 59.2 cm³/mol. The molecule has 0 bridgehead atoms. The first-order valence-electron chi connectivity index (χ1n) is 5.56. The van der Waals surface area contributed by atoms with Crippen LogP contribution < -0.4 is 4.74 Å². The highest BCUT2D eigenvalue weighted by atomic mass is 16.6. The van der Waals surface area contributed by atoms with E-state index in [1.165, 1.54) is 0 Å². The zero-order chi connectivity index (χ0) is 11.4.